The molecule has 0 fully saturated rings. The fourth-order valence-electron chi connectivity index (χ4n) is 2.21. The van der Waals surface area contributed by atoms with Crippen molar-refractivity contribution >= 4 is 28.7 Å². The quantitative estimate of drug-likeness (QED) is 0.807. The SMILES string of the molecule is O=C(O)Cn1c(=O)oc2cc(-c3ccccc3)c(Cl)cc21. The Hall–Kier alpha value is -2.53. The third kappa shape index (κ3) is 2.43. The molecule has 0 spiro atoms. The van der Waals surface area contributed by atoms with Crippen LogP contribution in [0.1, 0.15) is 0 Å². The van der Waals surface area contributed by atoms with Gasteiger partial charge in [-0.15, -0.1) is 0 Å². The summed E-state index contributed by atoms with van der Waals surface area (Å²) in [5.74, 6) is -1.84. The van der Waals surface area contributed by atoms with Gasteiger partial charge in [-0.1, -0.05) is 41.9 Å². The molecule has 0 saturated heterocycles. The van der Waals surface area contributed by atoms with Crippen LogP contribution in [0.4, 0.5) is 0 Å². The standard InChI is InChI=1S/C15H10ClNO4/c16-11-7-12-13(21-15(20)17(12)8-14(18)19)6-10(11)9-4-2-1-3-5-9/h1-7H,8H2,(H,18,19). The van der Waals surface area contributed by atoms with Gasteiger partial charge >= 0.3 is 11.7 Å². The summed E-state index contributed by atoms with van der Waals surface area (Å²) in [6, 6.07) is 12.6. The number of benzene rings is 2. The summed E-state index contributed by atoms with van der Waals surface area (Å²) in [5, 5.41) is 9.26. The van der Waals surface area contributed by atoms with Crippen LogP contribution in [0.2, 0.25) is 5.02 Å². The summed E-state index contributed by atoms with van der Waals surface area (Å²) in [4.78, 5) is 22.5. The molecule has 0 bridgehead atoms. The molecule has 1 heterocycles. The molecular formula is C15H10ClNO4. The van der Waals surface area contributed by atoms with Gasteiger partial charge in [-0.2, -0.15) is 0 Å². The highest BCUT2D eigenvalue weighted by molar-refractivity contribution is 6.34. The Labute approximate surface area is 124 Å². The van der Waals surface area contributed by atoms with Crippen molar-refractivity contribution in [1.29, 1.82) is 0 Å². The molecular weight excluding hydrogens is 294 g/mol. The lowest BCUT2D eigenvalue weighted by Gasteiger charge is -2.05. The van der Waals surface area contributed by atoms with Crippen LogP contribution in [0.5, 0.6) is 0 Å². The van der Waals surface area contributed by atoms with Crippen LogP contribution >= 0.6 is 11.6 Å². The van der Waals surface area contributed by atoms with Gasteiger partial charge < -0.3 is 9.52 Å². The first-order chi connectivity index (χ1) is 10.1. The molecule has 5 nitrogen and oxygen atoms in total. The van der Waals surface area contributed by atoms with Crippen molar-refractivity contribution in [1.82, 2.24) is 4.57 Å². The predicted molar refractivity (Wildman–Crippen MR) is 78.6 cm³/mol. The number of carboxylic acids is 1. The van der Waals surface area contributed by atoms with Gasteiger partial charge in [0.1, 0.15) is 6.54 Å². The Bertz CT molecular complexity index is 880. The predicted octanol–water partition coefficient (Wildman–Crippen LogP) is 3.00. The van der Waals surface area contributed by atoms with E-state index >= 15 is 0 Å². The number of hydrogen-bond acceptors (Lipinski definition) is 3. The van der Waals surface area contributed by atoms with E-state index in [1.54, 1.807) is 12.1 Å². The van der Waals surface area contributed by atoms with E-state index in [0.29, 0.717) is 16.1 Å². The number of aliphatic carboxylic acids is 1. The van der Waals surface area contributed by atoms with Gasteiger partial charge in [0, 0.05) is 5.56 Å². The largest absolute Gasteiger partial charge is 0.480 e. The first-order valence-corrected chi connectivity index (χ1v) is 6.54. The molecule has 0 aliphatic carbocycles. The number of oxazole rings is 1. The Morgan fingerprint density at radius 3 is 2.62 bits per heavy atom. The van der Waals surface area contributed by atoms with Gasteiger partial charge in [-0.05, 0) is 17.7 Å². The van der Waals surface area contributed by atoms with Gasteiger partial charge in [0.25, 0.3) is 0 Å². The molecule has 6 heteroatoms. The topological polar surface area (TPSA) is 72.4 Å². The molecule has 0 amide bonds. The molecule has 0 atom stereocenters. The second-order valence-corrected chi connectivity index (χ2v) is 4.92. The van der Waals surface area contributed by atoms with E-state index in [1.807, 2.05) is 30.3 Å². The number of halogens is 1. The third-order valence-corrected chi connectivity index (χ3v) is 3.45. The van der Waals surface area contributed by atoms with Gasteiger partial charge in [-0.25, -0.2) is 4.79 Å². The highest BCUT2D eigenvalue weighted by Gasteiger charge is 2.15. The number of rotatable bonds is 3. The number of hydrogen-bond donors (Lipinski definition) is 1. The summed E-state index contributed by atoms with van der Waals surface area (Å²) in [6.45, 7) is -0.465. The van der Waals surface area contributed by atoms with Gasteiger partial charge in [0.05, 0.1) is 10.5 Å². The molecule has 0 unspecified atom stereocenters. The lowest BCUT2D eigenvalue weighted by Crippen LogP contribution is -2.19. The number of aromatic nitrogens is 1. The van der Waals surface area contributed by atoms with Crippen LogP contribution in [0.25, 0.3) is 22.2 Å². The molecule has 1 aromatic heterocycles. The molecule has 3 rings (SSSR count). The number of fused-ring (bicyclic) bond motifs is 1. The van der Waals surface area contributed by atoms with Gasteiger partial charge in [0.15, 0.2) is 5.58 Å². The van der Waals surface area contributed by atoms with E-state index in [9.17, 15) is 9.59 Å². The van der Waals surface area contributed by atoms with Crippen LogP contribution in [-0.2, 0) is 11.3 Å². The second-order valence-electron chi connectivity index (χ2n) is 4.51. The van der Waals surface area contributed by atoms with Crippen molar-refractivity contribution in [3.63, 3.8) is 0 Å². The maximum absolute atomic E-state index is 11.7. The molecule has 106 valence electrons. The van der Waals surface area contributed by atoms with Crippen LogP contribution in [0.15, 0.2) is 51.7 Å². The zero-order chi connectivity index (χ0) is 15.0. The van der Waals surface area contributed by atoms with E-state index in [2.05, 4.69) is 0 Å². The van der Waals surface area contributed by atoms with E-state index < -0.39 is 18.3 Å². The van der Waals surface area contributed by atoms with E-state index in [-0.39, 0.29) is 0 Å². The number of carbonyl (C=O) groups is 1. The average Bonchev–Trinajstić information content (AvgIpc) is 2.74. The minimum absolute atomic E-state index is 0.310. The summed E-state index contributed by atoms with van der Waals surface area (Å²) in [5.41, 5.74) is 2.29. The lowest BCUT2D eigenvalue weighted by atomic mass is 10.1. The molecule has 0 aliphatic rings. The average molecular weight is 304 g/mol. The Kier molecular flexibility index (Phi) is 3.27. The zero-order valence-corrected chi connectivity index (χ0v) is 11.5. The third-order valence-electron chi connectivity index (χ3n) is 3.14. The zero-order valence-electron chi connectivity index (χ0n) is 10.7. The fraction of sp³-hybridized carbons (Fsp3) is 0.0667. The van der Waals surface area contributed by atoms with Crippen LogP contribution in [0, 0.1) is 0 Å². The number of nitrogens with zero attached hydrogens (tertiary/aromatic N) is 1. The monoisotopic (exact) mass is 303 g/mol. The smallest absolute Gasteiger partial charge is 0.420 e. The van der Waals surface area contributed by atoms with E-state index in [1.165, 1.54) is 0 Å². The lowest BCUT2D eigenvalue weighted by molar-refractivity contribution is -0.137. The summed E-state index contributed by atoms with van der Waals surface area (Å²) < 4.78 is 6.14. The van der Waals surface area contributed by atoms with Crippen molar-refractivity contribution < 1.29 is 14.3 Å². The summed E-state index contributed by atoms with van der Waals surface area (Å²) in [7, 11) is 0. The normalized spacial score (nSPS) is 10.9. The Balaban J connectivity index is 2.22. The first kappa shape index (κ1) is 13.5. The molecule has 0 saturated carbocycles. The fourth-order valence-corrected chi connectivity index (χ4v) is 2.47. The minimum atomic E-state index is -1.12. The van der Waals surface area contributed by atoms with Crippen molar-refractivity contribution in [2.45, 2.75) is 6.54 Å². The first-order valence-electron chi connectivity index (χ1n) is 6.16. The van der Waals surface area contributed by atoms with Crippen LogP contribution in [0.3, 0.4) is 0 Å². The van der Waals surface area contributed by atoms with E-state index in [4.69, 9.17) is 21.1 Å². The Morgan fingerprint density at radius 1 is 1.24 bits per heavy atom. The highest BCUT2D eigenvalue weighted by atomic mass is 35.5. The Morgan fingerprint density at radius 2 is 1.95 bits per heavy atom. The highest BCUT2D eigenvalue weighted by Crippen LogP contribution is 2.31. The van der Waals surface area contributed by atoms with Crippen molar-refractivity contribution in [3.8, 4) is 11.1 Å². The molecule has 2 aromatic carbocycles. The minimum Gasteiger partial charge on any atom is -0.480 e. The van der Waals surface area contributed by atoms with Crippen molar-refractivity contribution in [2.24, 2.45) is 0 Å². The molecule has 0 radical (unpaired) electrons. The number of carboxylic acid groups (broad SMARTS) is 1. The summed E-state index contributed by atoms with van der Waals surface area (Å²) >= 11 is 6.25. The van der Waals surface area contributed by atoms with Crippen LogP contribution < -0.4 is 5.76 Å². The maximum Gasteiger partial charge on any atom is 0.420 e. The van der Waals surface area contributed by atoms with Gasteiger partial charge in [-0.3, -0.25) is 9.36 Å². The molecule has 3 aromatic rings. The van der Waals surface area contributed by atoms with Crippen molar-refractivity contribution in [3.05, 3.63) is 58.0 Å². The summed E-state index contributed by atoms with van der Waals surface area (Å²) in [6.07, 6.45) is 0. The maximum atomic E-state index is 11.7. The van der Waals surface area contributed by atoms with Crippen LogP contribution in [-0.4, -0.2) is 15.6 Å². The second kappa shape index (κ2) is 5.10. The van der Waals surface area contributed by atoms with E-state index in [0.717, 1.165) is 15.7 Å². The van der Waals surface area contributed by atoms with Crippen molar-refractivity contribution in [2.75, 3.05) is 0 Å². The molecule has 0 aliphatic heterocycles. The van der Waals surface area contributed by atoms with Gasteiger partial charge in [0.2, 0.25) is 0 Å². The molecule has 21 heavy (non-hydrogen) atoms. The molecule has 1 N–H and O–H groups in total.